The molecular weight excluding hydrogens is 572 g/mol. The number of rotatable bonds is 8. The smallest absolute Gasteiger partial charge is 0.335 e. The van der Waals surface area contributed by atoms with Crippen LogP contribution in [0, 0.1) is 0 Å². The maximum atomic E-state index is 13.2. The summed E-state index contributed by atoms with van der Waals surface area (Å²) >= 11 is 0. The van der Waals surface area contributed by atoms with E-state index in [9.17, 15) is 45.3 Å². The molecule has 43 heavy (non-hydrogen) atoms. The van der Waals surface area contributed by atoms with Crippen molar-refractivity contribution in [3.8, 4) is 40.1 Å². The van der Waals surface area contributed by atoms with Gasteiger partial charge >= 0.3 is 5.97 Å². The Balaban J connectivity index is 1.63. The molecule has 0 bridgehead atoms. The zero-order chi connectivity index (χ0) is 31.0. The van der Waals surface area contributed by atoms with Crippen molar-refractivity contribution in [1.29, 1.82) is 0 Å². The summed E-state index contributed by atoms with van der Waals surface area (Å²) in [6, 6.07) is 14.0. The summed E-state index contributed by atoms with van der Waals surface area (Å²) in [6.07, 6.45) is -11.8. The second-order valence-corrected chi connectivity index (χ2v) is 9.55. The minimum absolute atomic E-state index is 0.0331. The van der Waals surface area contributed by atoms with Crippen LogP contribution in [-0.2, 0) is 9.53 Å². The Labute approximate surface area is 241 Å². The van der Waals surface area contributed by atoms with Gasteiger partial charge in [-0.25, -0.2) is 4.79 Å². The number of carboxylic acids is 1. The Morgan fingerprint density at radius 2 is 1.67 bits per heavy atom. The van der Waals surface area contributed by atoms with E-state index >= 15 is 0 Å². The zero-order valence-electron chi connectivity index (χ0n) is 22.2. The Hall–Kier alpha value is -4.86. The Morgan fingerprint density at radius 3 is 2.33 bits per heavy atom. The Bertz CT molecular complexity index is 1700. The molecule has 1 saturated heterocycles. The third kappa shape index (κ3) is 5.77. The topological polar surface area (TPSA) is 226 Å². The fraction of sp³-hybridized carbons (Fsp3) is 0.241. The third-order valence-corrected chi connectivity index (χ3v) is 6.73. The molecule has 3 aromatic carbocycles. The fourth-order valence-electron chi connectivity index (χ4n) is 4.49. The molecule has 2 heterocycles. The lowest BCUT2D eigenvalue weighted by Crippen LogP contribution is -2.61. The van der Waals surface area contributed by atoms with E-state index in [4.69, 9.17) is 23.4 Å². The van der Waals surface area contributed by atoms with Gasteiger partial charge in [-0.15, -0.1) is 0 Å². The maximum absolute atomic E-state index is 13.2. The number of hydrogen-bond acceptors (Lipinski definition) is 13. The molecule has 4 aromatic rings. The van der Waals surface area contributed by atoms with Crippen LogP contribution in [0.4, 0.5) is 0 Å². The van der Waals surface area contributed by atoms with Crippen LogP contribution in [0.1, 0.15) is 11.9 Å². The van der Waals surface area contributed by atoms with Crippen LogP contribution in [0.5, 0.6) is 28.7 Å². The molecule has 0 aliphatic carbocycles. The van der Waals surface area contributed by atoms with Gasteiger partial charge in [0.25, 0.3) is 0 Å². The monoisotopic (exact) mass is 598 g/mol. The van der Waals surface area contributed by atoms with Gasteiger partial charge in [-0.05, 0) is 36.4 Å². The number of hydrogen-bond donors (Lipinski definition) is 7. The van der Waals surface area contributed by atoms with Gasteiger partial charge in [-0.1, -0.05) is 12.1 Å². The summed E-state index contributed by atoms with van der Waals surface area (Å²) in [4.78, 5) is 24.8. The standard InChI is InChI=1S/C29H26O14/c1-39-15-7-5-12(6-8-15)17-10-16(31)20-18(40-17)11-19(41-29-24(35)22(33)23(34)26(43-29)27(36)37)25(21(20)32)42-28(38)13-3-2-4-14(30)9-13/h2-11,22-24,26,28-30,32-35,38H,1H3,(H,36,37). The number of carboxylic acid groups (broad SMARTS) is 1. The molecule has 0 amide bonds. The van der Waals surface area contributed by atoms with Crippen LogP contribution in [-0.4, -0.2) is 79.5 Å². The van der Waals surface area contributed by atoms with Gasteiger partial charge in [0, 0.05) is 23.3 Å². The van der Waals surface area contributed by atoms with Gasteiger partial charge in [0.2, 0.25) is 18.3 Å². The van der Waals surface area contributed by atoms with Crippen LogP contribution in [0.25, 0.3) is 22.3 Å². The quantitative estimate of drug-likeness (QED) is 0.142. The highest BCUT2D eigenvalue weighted by molar-refractivity contribution is 5.89. The number of aliphatic hydroxyl groups excluding tert-OH is 4. The van der Waals surface area contributed by atoms with Gasteiger partial charge in [-0.3, -0.25) is 4.79 Å². The summed E-state index contributed by atoms with van der Waals surface area (Å²) in [6.45, 7) is 0. The van der Waals surface area contributed by atoms with E-state index in [1.807, 2.05) is 0 Å². The van der Waals surface area contributed by atoms with Crippen molar-refractivity contribution in [2.24, 2.45) is 0 Å². The molecular formula is C29H26O14. The number of fused-ring (bicyclic) bond motifs is 1. The zero-order valence-corrected chi connectivity index (χ0v) is 22.2. The fourth-order valence-corrected chi connectivity index (χ4v) is 4.49. The van der Waals surface area contributed by atoms with Gasteiger partial charge in [0.1, 0.15) is 46.5 Å². The third-order valence-electron chi connectivity index (χ3n) is 6.73. The predicted molar refractivity (Wildman–Crippen MR) is 145 cm³/mol. The van der Waals surface area contributed by atoms with Gasteiger partial charge < -0.3 is 59.1 Å². The normalized spacial score (nSPS) is 22.6. The maximum Gasteiger partial charge on any atom is 0.335 e. The number of carbonyl (C=O) groups is 1. The molecule has 226 valence electrons. The van der Waals surface area contributed by atoms with Crippen molar-refractivity contribution in [3.05, 3.63) is 76.5 Å². The molecule has 1 aliphatic rings. The van der Waals surface area contributed by atoms with E-state index in [1.165, 1.54) is 31.4 Å². The van der Waals surface area contributed by atoms with Crippen molar-refractivity contribution in [2.75, 3.05) is 7.11 Å². The summed E-state index contributed by atoms with van der Waals surface area (Å²) < 4.78 is 27.4. The van der Waals surface area contributed by atoms with Crippen molar-refractivity contribution in [3.63, 3.8) is 0 Å². The molecule has 0 spiro atoms. The molecule has 0 saturated carbocycles. The molecule has 6 unspecified atom stereocenters. The first-order valence-electron chi connectivity index (χ1n) is 12.7. The number of aliphatic hydroxyl groups is 4. The average molecular weight is 599 g/mol. The molecule has 7 N–H and O–H groups in total. The largest absolute Gasteiger partial charge is 0.508 e. The van der Waals surface area contributed by atoms with Crippen molar-refractivity contribution in [2.45, 2.75) is 37.0 Å². The second kappa shape index (κ2) is 11.8. The first kappa shape index (κ1) is 29.6. The van der Waals surface area contributed by atoms with Crippen LogP contribution in [0.3, 0.4) is 0 Å². The minimum Gasteiger partial charge on any atom is -0.508 e. The van der Waals surface area contributed by atoms with Gasteiger partial charge in [0.05, 0.1) is 7.11 Å². The number of aliphatic carboxylic acids is 1. The van der Waals surface area contributed by atoms with E-state index in [0.29, 0.717) is 11.3 Å². The van der Waals surface area contributed by atoms with E-state index in [0.717, 1.165) is 12.1 Å². The lowest BCUT2D eigenvalue weighted by Gasteiger charge is -2.38. The van der Waals surface area contributed by atoms with Crippen LogP contribution >= 0.6 is 0 Å². The molecule has 1 fully saturated rings. The molecule has 5 rings (SSSR count). The lowest BCUT2D eigenvalue weighted by atomic mass is 9.99. The van der Waals surface area contributed by atoms with E-state index in [1.54, 1.807) is 24.3 Å². The number of phenols is 2. The van der Waals surface area contributed by atoms with Crippen LogP contribution in [0.15, 0.2) is 69.9 Å². The molecule has 14 nitrogen and oxygen atoms in total. The number of phenolic OH excluding ortho intramolecular Hbond substituents is 2. The van der Waals surface area contributed by atoms with Crippen molar-refractivity contribution in [1.82, 2.24) is 0 Å². The highest BCUT2D eigenvalue weighted by Gasteiger charge is 2.48. The van der Waals surface area contributed by atoms with E-state index in [-0.39, 0.29) is 28.0 Å². The van der Waals surface area contributed by atoms with Crippen molar-refractivity contribution >= 4 is 16.9 Å². The van der Waals surface area contributed by atoms with Gasteiger partial charge in [-0.2, -0.15) is 0 Å². The predicted octanol–water partition coefficient (Wildman–Crippen LogP) is 1.22. The van der Waals surface area contributed by atoms with Crippen LogP contribution in [0.2, 0.25) is 0 Å². The molecule has 1 aromatic heterocycles. The number of benzene rings is 3. The molecule has 0 radical (unpaired) electrons. The molecule has 1 aliphatic heterocycles. The highest BCUT2D eigenvalue weighted by atomic mass is 16.7. The highest BCUT2D eigenvalue weighted by Crippen LogP contribution is 2.45. The Kier molecular flexibility index (Phi) is 8.12. The second-order valence-electron chi connectivity index (χ2n) is 9.55. The summed E-state index contributed by atoms with van der Waals surface area (Å²) in [5.41, 5.74) is -0.462. The SMILES string of the molecule is COc1ccc(-c2cc(=O)c3c(O)c(OC(O)c4cccc(O)c4)c(OC4OC(C(=O)O)C(O)C(O)C4O)cc3o2)cc1. The average Bonchev–Trinajstić information content (AvgIpc) is 2.98. The lowest BCUT2D eigenvalue weighted by molar-refractivity contribution is -0.271. The number of aromatic hydroxyl groups is 2. The summed E-state index contributed by atoms with van der Waals surface area (Å²) in [5.74, 6) is -3.28. The molecule has 6 atom stereocenters. The molecule has 14 heteroatoms. The Morgan fingerprint density at radius 1 is 0.953 bits per heavy atom. The summed E-state index contributed by atoms with van der Waals surface area (Å²) in [7, 11) is 1.48. The van der Waals surface area contributed by atoms with Crippen molar-refractivity contribution < 1.29 is 63.9 Å². The van der Waals surface area contributed by atoms with E-state index < -0.39 is 65.6 Å². The summed E-state index contributed by atoms with van der Waals surface area (Å²) in [5, 5.41) is 71.5. The first-order chi connectivity index (χ1) is 20.5. The van der Waals surface area contributed by atoms with E-state index in [2.05, 4.69) is 0 Å². The first-order valence-corrected chi connectivity index (χ1v) is 12.7. The van der Waals surface area contributed by atoms with Crippen LogP contribution < -0.4 is 19.6 Å². The van der Waals surface area contributed by atoms with Gasteiger partial charge in [0.15, 0.2) is 23.0 Å². The minimum atomic E-state index is -2.02. The number of methoxy groups -OCH3 is 1. The number of ether oxygens (including phenoxy) is 4.